The molecule has 0 saturated carbocycles. The van der Waals surface area contributed by atoms with Crippen LogP contribution in [-0.2, 0) is 96.2 Å². The molecule has 0 aromatic heterocycles. The minimum Gasteiger partial charge on any atom is -0.696 e. The van der Waals surface area contributed by atoms with Crippen LogP contribution in [0.3, 0.4) is 0 Å². The summed E-state index contributed by atoms with van der Waals surface area (Å²) in [5, 5.41) is 50.8. The van der Waals surface area contributed by atoms with Crippen LogP contribution in [0.2, 0.25) is 0 Å². The van der Waals surface area contributed by atoms with Crippen molar-refractivity contribution in [2.45, 2.75) is 0 Å². The van der Waals surface area contributed by atoms with Crippen LogP contribution in [0.4, 0.5) is 0 Å². The van der Waals surface area contributed by atoms with Crippen molar-refractivity contribution < 1.29 is 226 Å². The molecule has 0 saturated heterocycles. The molecule has 0 amide bonds. The van der Waals surface area contributed by atoms with Gasteiger partial charge in [0.05, 0.1) is 0 Å². The molecule has 0 heterocycles. The molecule has 0 aliphatic heterocycles. The van der Waals surface area contributed by atoms with Crippen molar-refractivity contribution in [3.63, 3.8) is 0 Å². The van der Waals surface area contributed by atoms with Gasteiger partial charge in [0.1, 0.15) is 0 Å². The summed E-state index contributed by atoms with van der Waals surface area (Å²) in [7, 11) is 0. The monoisotopic (exact) mass is 691 g/mol. The van der Waals surface area contributed by atoms with Crippen LogP contribution >= 0.6 is 0 Å². The third kappa shape index (κ3) is 596. The maximum atomic E-state index is 7.13. The van der Waals surface area contributed by atoms with E-state index in [1.54, 1.807) is 0 Å². The van der Waals surface area contributed by atoms with Crippen molar-refractivity contribution in [2.24, 2.45) is 0 Å². The maximum Gasteiger partial charge on any atom is 1.00 e. The Morgan fingerprint density at radius 2 is 0.348 bits per heavy atom. The molecule has 1 radical (unpaired) electrons. The zero-order valence-electron chi connectivity index (χ0n) is 12.5. The summed E-state index contributed by atoms with van der Waals surface area (Å²) in [5.41, 5.74) is 0. The fourth-order valence-corrected chi connectivity index (χ4v) is 0. The molecule has 0 bridgehead atoms. The summed E-state index contributed by atoms with van der Waals surface area (Å²) < 4.78 is 0. The second-order valence-electron chi connectivity index (χ2n) is 0.548. The van der Waals surface area contributed by atoms with E-state index >= 15 is 0 Å². The van der Waals surface area contributed by atoms with E-state index in [9.17, 15) is 0 Å². The molecule has 0 unspecified atom stereocenters. The van der Waals surface area contributed by atoms with Gasteiger partial charge in [0.25, 0.3) is 0 Å². The Labute approximate surface area is 354 Å². The van der Waals surface area contributed by atoms with E-state index in [0.29, 0.717) is 0 Å². The van der Waals surface area contributed by atoms with Crippen molar-refractivity contribution in [2.75, 3.05) is 0 Å². The molecule has 103 valence electrons. The van der Waals surface area contributed by atoms with Gasteiger partial charge in [0, 0.05) is 20.4 Å². The van der Waals surface area contributed by atoms with Crippen molar-refractivity contribution in [1.29, 1.82) is 31.6 Å². The third-order valence-electron chi connectivity index (χ3n) is 0. The summed E-state index contributed by atoms with van der Waals surface area (Å²) in [4.78, 5) is 0. The predicted molar refractivity (Wildman–Crippen MR) is 77.9 cm³/mol. The van der Waals surface area contributed by atoms with Crippen LogP contribution in [0.15, 0.2) is 0 Å². The molecular weight excluding hydrogens is 691 g/mol. The Balaban J connectivity index is -0.00000000800. The second-order valence-corrected chi connectivity index (χ2v) is 1.64. The minimum absolute atomic E-state index is 0. The van der Waals surface area contributed by atoms with Gasteiger partial charge in [-0.2, -0.15) is 0 Å². The first-order valence-electron chi connectivity index (χ1n) is 2.57. The Kier molecular flexibility index (Phi) is 448. The van der Waals surface area contributed by atoms with E-state index in [-0.39, 0.29) is 226 Å². The molecular formula is C6K4N6ReS6-2. The first-order chi connectivity index (χ1) is 8.49. The molecule has 0 aromatic rings. The van der Waals surface area contributed by atoms with Gasteiger partial charge < -0.3 is 75.8 Å². The molecule has 0 atom stereocenters. The van der Waals surface area contributed by atoms with E-state index in [0.717, 1.165) is 0 Å². The normalized spacial score (nSPS) is 1.83. The molecule has 17 heteroatoms. The number of rotatable bonds is 0. The van der Waals surface area contributed by atoms with Crippen molar-refractivity contribution in [1.82, 2.24) is 0 Å². The second kappa shape index (κ2) is 146. The van der Waals surface area contributed by atoms with Crippen LogP contribution in [0.1, 0.15) is 0 Å². The molecule has 6 nitrogen and oxygen atoms in total. The number of thiocyanates is 6. The van der Waals surface area contributed by atoms with Gasteiger partial charge in [-0.05, 0) is 0 Å². The van der Waals surface area contributed by atoms with Crippen molar-refractivity contribution in [3.8, 4) is 32.4 Å². The molecule has 0 spiro atoms. The van der Waals surface area contributed by atoms with E-state index in [4.69, 9.17) is 31.6 Å². The molecule has 0 aliphatic rings. The first-order valence-corrected chi connectivity index (χ1v) is 5.02. The summed E-state index contributed by atoms with van der Waals surface area (Å²) in [6.07, 6.45) is 0. The summed E-state index contributed by atoms with van der Waals surface area (Å²) in [6.45, 7) is 0. The fraction of sp³-hybridized carbons (Fsp3) is 0. The standard InChI is InChI=1S/6CHNS.4K.Re/c6*2-1-3;;;;;/h6*3H;;;;;/q;;;;;;4*+1;/p-6. The molecule has 0 aliphatic carbocycles. The van der Waals surface area contributed by atoms with Gasteiger partial charge in [-0.3, -0.25) is 0 Å². The van der Waals surface area contributed by atoms with E-state index < -0.39 is 0 Å². The smallest absolute Gasteiger partial charge is 0.696 e. The zero-order chi connectivity index (χ0) is 16.2. The van der Waals surface area contributed by atoms with Crippen LogP contribution in [0.25, 0.3) is 0 Å². The topological polar surface area (TPSA) is 143 Å². The number of hydrogen-bond acceptors (Lipinski definition) is 12. The van der Waals surface area contributed by atoms with Crippen molar-refractivity contribution >= 4 is 75.8 Å². The largest absolute Gasteiger partial charge is 1.00 e. The summed E-state index contributed by atoms with van der Waals surface area (Å²) >= 11 is 22.2. The van der Waals surface area contributed by atoms with Crippen LogP contribution in [-0.4, -0.2) is 0 Å². The quantitative estimate of drug-likeness (QED) is 0.135. The molecule has 0 N–H and O–H groups in total. The minimum atomic E-state index is 0. The van der Waals surface area contributed by atoms with Gasteiger partial charge in [0.15, 0.2) is 0 Å². The van der Waals surface area contributed by atoms with Crippen LogP contribution in [0.5, 0.6) is 0 Å². The van der Waals surface area contributed by atoms with Crippen LogP contribution in [0, 0.1) is 64.0 Å². The Bertz CT molecular complexity index is 272. The third-order valence-corrected chi connectivity index (χ3v) is 0. The SMILES string of the molecule is N#C[S-].N#C[S-].N#C[S-].N#C[S-].N#C[S-].N#C[S-].[K+].[K+].[K+].[K+].[Re]. The Morgan fingerprint density at radius 3 is 0.348 bits per heavy atom. The molecule has 0 rings (SSSR count). The van der Waals surface area contributed by atoms with Crippen molar-refractivity contribution in [3.05, 3.63) is 0 Å². The van der Waals surface area contributed by atoms with E-state index in [2.05, 4.69) is 75.8 Å². The van der Waals surface area contributed by atoms with E-state index in [1.165, 1.54) is 32.4 Å². The van der Waals surface area contributed by atoms with E-state index in [1.807, 2.05) is 0 Å². The summed E-state index contributed by atoms with van der Waals surface area (Å²) in [5.74, 6) is 0. The fourth-order valence-electron chi connectivity index (χ4n) is 0. The Hall–Kier alpha value is 5.47. The van der Waals surface area contributed by atoms with Gasteiger partial charge in [-0.15, -0.1) is 0 Å². The number of nitrogens with zero attached hydrogens (tertiary/aromatic N) is 6. The number of nitriles is 6. The first kappa shape index (κ1) is 70.4. The summed E-state index contributed by atoms with van der Waals surface area (Å²) in [6, 6.07) is 0. The Morgan fingerprint density at radius 1 is 0.348 bits per heavy atom. The molecule has 0 fully saturated rings. The van der Waals surface area contributed by atoms with Gasteiger partial charge in [-0.25, -0.2) is 31.6 Å². The van der Waals surface area contributed by atoms with Gasteiger partial charge >= 0.3 is 206 Å². The predicted octanol–water partition coefficient (Wildman–Crippen LogP) is -11.9. The molecule has 23 heavy (non-hydrogen) atoms. The average Bonchev–Trinajstić information content (AvgIpc) is 2.23. The average molecular weight is 691 g/mol. The maximum absolute atomic E-state index is 7.13. The zero-order valence-corrected chi connectivity index (χ0v) is 32.6. The van der Waals surface area contributed by atoms with Gasteiger partial charge in [0.2, 0.25) is 0 Å². The van der Waals surface area contributed by atoms with Crippen LogP contribution < -0.4 is 206 Å². The molecule has 0 aromatic carbocycles. The van der Waals surface area contributed by atoms with Gasteiger partial charge in [-0.1, -0.05) is 32.4 Å². The number of hydrogen-bond donors (Lipinski definition) is 0.